The van der Waals surface area contributed by atoms with Crippen LogP contribution < -0.4 is 10.6 Å². The van der Waals surface area contributed by atoms with Crippen LogP contribution in [0.1, 0.15) is 37.4 Å². The minimum Gasteiger partial charge on any atom is -0.380 e. The molecular formula is C17H22N2OS. The number of carbonyl (C=O) groups excluding carboxylic acids is 1. The molecule has 0 saturated carbocycles. The molecule has 0 radical (unpaired) electrons. The lowest BCUT2D eigenvalue weighted by atomic mass is 9.95. The Morgan fingerprint density at radius 2 is 1.86 bits per heavy atom. The predicted molar refractivity (Wildman–Crippen MR) is 91.1 cm³/mol. The predicted octanol–water partition coefficient (Wildman–Crippen LogP) is 4.62. The minimum absolute atomic E-state index is 0.0553. The van der Waals surface area contributed by atoms with Gasteiger partial charge in [0.1, 0.15) is 0 Å². The van der Waals surface area contributed by atoms with E-state index >= 15 is 0 Å². The summed E-state index contributed by atoms with van der Waals surface area (Å²) in [4.78, 5) is 13.8. The quantitative estimate of drug-likeness (QED) is 0.865. The van der Waals surface area contributed by atoms with Crippen LogP contribution in [0.25, 0.3) is 0 Å². The molecule has 0 aliphatic rings. The van der Waals surface area contributed by atoms with Gasteiger partial charge >= 0.3 is 0 Å². The van der Waals surface area contributed by atoms with Crippen molar-refractivity contribution in [1.29, 1.82) is 0 Å². The van der Waals surface area contributed by atoms with E-state index in [0.29, 0.717) is 0 Å². The van der Waals surface area contributed by atoms with Gasteiger partial charge in [0.15, 0.2) is 0 Å². The van der Waals surface area contributed by atoms with Crippen LogP contribution >= 0.6 is 11.3 Å². The van der Waals surface area contributed by atoms with Gasteiger partial charge in [0, 0.05) is 34.6 Å². The average molecular weight is 302 g/mol. The highest BCUT2D eigenvalue weighted by molar-refractivity contribution is 7.12. The fraction of sp³-hybridized carbons (Fsp3) is 0.353. The highest BCUT2D eigenvalue weighted by Gasteiger charge is 2.15. The van der Waals surface area contributed by atoms with Crippen molar-refractivity contribution in [3.63, 3.8) is 0 Å². The average Bonchev–Trinajstić information content (AvgIpc) is 2.84. The number of nitrogens with one attached hydrogen (secondary N) is 2. The second-order valence-corrected chi connectivity index (χ2v) is 7.30. The summed E-state index contributed by atoms with van der Waals surface area (Å²) >= 11 is 1.84. The maximum atomic E-state index is 11.1. The molecule has 0 aliphatic carbocycles. The van der Waals surface area contributed by atoms with Crippen LogP contribution in [0.2, 0.25) is 0 Å². The second kappa shape index (κ2) is 6.31. The van der Waals surface area contributed by atoms with Crippen LogP contribution in [0.3, 0.4) is 0 Å². The summed E-state index contributed by atoms with van der Waals surface area (Å²) in [6.45, 7) is 9.00. The topological polar surface area (TPSA) is 41.1 Å². The summed E-state index contributed by atoms with van der Waals surface area (Å²) < 4.78 is 0. The molecule has 1 amide bonds. The Bertz CT molecular complexity index is 626. The number of amides is 1. The molecule has 2 N–H and O–H groups in total. The lowest BCUT2D eigenvalue weighted by Gasteiger charge is -2.15. The van der Waals surface area contributed by atoms with Gasteiger partial charge in [0.05, 0.1) is 0 Å². The molecule has 112 valence electrons. The standard InChI is InChI=1S/C17H22N2OS/c1-12(20)19-14-7-5-6-13(10-14)18-11-15-8-9-16(21-15)17(2,3)4/h5-10,18H,11H2,1-4H3,(H,19,20). The summed E-state index contributed by atoms with van der Waals surface area (Å²) in [6, 6.07) is 12.1. The van der Waals surface area contributed by atoms with Gasteiger partial charge in [-0.15, -0.1) is 11.3 Å². The number of thiophene rings is 1. The van der Waals surface area contributed by atoms with Crippen LogP contribution in [0.15, 0.2) is 36.4 Å². The number of rotatable bonds is 4. The Morgan fingerprint density at radius 3 is 2.48 bits per heavy atom. The molecule has 0 atom stereocenters. The van der Waals surface area contributed by atoms with Crippen LogP contribution in [-0.2, 0) is 16.8 Å². The molecule has 1 heterocycles. The lowest BCUT2D eigenvalue weighted by molar-refractivity contribution is -0.114. The van der Waals surface area contributed by atoms with Gasteiger partial charge in [0.2, 0.25) is 5.91 Å². The van der Waals surface area contributed by atoms with Gasteiger partial charge < -0.3 is 10.6 Å². The third-order valence-electron chi connectivity index (χ3n) is 3.05. The third kappa shape index (κ3) is 4.60. The first-order valence-corrected chi connectivity index (χ1v) is 7.87. The van der Waals surface area contributed by atoms with Gasteiger partial charge in [0.25, 0.3) is 0 Å². The van der Waals surface area contributed by atoms with Crippen LogP contribution in [0.5, 0.6) is 0 Å². The highest BCUT2D eigenvalue weighted by atomic mass is 32.1. The second-order valence-electron chi connectivity index (χ2n) is 6.13. The number of hydrogen-bond donors (Lipinski definition) is 2. The number of carbonyl (C=O) groups is 1. The molecule has 0 saturated heterocycles. The smallest absolute Gasteiger partial charge is 0.221 e. The molecule has 1 aromatic carbocycles. The molecule has 2 rings (SSSR count). The molecule has 0 spiro atoms. The van der Waals surface area contributed by atoms with Crippen molar-refractivity contribution >= 4 is 28.6 Å². The van der Waals surface area contributed by atoms with Crippen molar-refractivity contribution < 1.29 is 4.79 Å². The number of benzene rings is 1. The summed E-state index contributed by atoms with van der Waals surface area (Å²) in [5, 5.41) is 6.19. The summed E-state index contributed by atoms with van der Waals surface area (Å²) in [5.41, 5.74) is 2.02. The molecule has 4 heteroatoms. The Kier molecular flexibility index (Phi) is 4.68. The maximum absolute atomic E-state index is 11.1. The van der Waals surface area contributed by atoms with Crippen LogP contribution in [0.4, 0.5) is 11.4 Å². The first kappa shape index (κ1) is 15.6. The fourth-order valence-electron chi connectivity index (χ4n) is 1.98. The van der Waals surface area contributed by atoms with Crippen LogP contribution in [0, 0.1) is 0 Å². The van der Waals surface area contributed by atoms with Crippen molar-refractivity contribution in [3.05, 3.63) is 46.2 Å². The van der Waals surface area contributed by atoms with Crippen molar-refractivity contribution in [2.45, 2.75) is 39.7 Å². The van der Waals surface area contributed by atoms with Gasteiger partial charge in [-0.2, -0.15) is 0 Å². The van der Waals surface area contributed by atoms with Gasteiger partial charge in [-0.3, -0.25) is 4.79 Å². The van der Waals surface area contributed by atoms with E-state index in [4.69, 9.17) is 0 Å². The van der Waals surface area contributed by atoms with E-state index in [2.05, 4.69) is 43.5 Å². The third-order valence-corrected chi connectivity index (χ3v) is 4.56. The molecule has 1 aromatic heterocycles. The molecular weight excluding hydrogens is 280 g/mol. The first-order valence-electron chi connectivity index (χ1n) is 7.05. The van der Waals surface area contributed by atoms with Gasteiger partial charge in [-0.05, 0) is 35.7 Å². The van der Waals surface area contributed by atoms with Gasteiger partial charge in [-0.25, -0.2) is 0 Å². The molecule has 21 heavy (non-hydrogen) atoms. The molecule has 0 bridgehead atoms. The van der Waals surface area contributed by atoms with Crippen molar-refractivity contribution in [3.8, 4) is 0 Å². The summed E-state index contributed by atoms with van der Waals surface area (Å²) in [6.07, 6.45) is 0. The lowest BCUT2D eigenvalue weighted by Crippen LogP contribution is -2.07. The molecule has 3 nitrogen and oxygen atoms in total. The van der Waals surface area contributed by atoms with Gasteiger partial charge in [-0.1, -0.05) is 26.8 Å². The van der Waals surface area contributed by atoms with E-state index in [0.717, 1.165) is 17.9 Å². The fourth-order valence-corrected chi connectivity index (χ4v) is 2.98. The molecule has 0 fully saturated rings. The molecule has 0 unspecified atom stereocenters. The van der Waals surface area contributed by atoms with E-state index in [9.17, 15) is 4.79 Å². The number of anilines is 2. The van der Waals surface area contributed by atoms with E-state index in [1.165, 1.54) is 16.7 Å². The monoisotopic (exact) mass is 302 g/mol. The normalized spacial score (nSPS) is 11.2. The SMILES string of the molecule is CC(=O)Nc1cccc(NCc2ccc(C(C)(C)C)s2)c1. The van der Waals surface area contributed by atoms with E-state index in [-0.39, 0.29) is 11.3 Å². The zero-order chi connectivity index (χ0) is 15.5. The highest BCUT2D eigenvalue weighted by Crippen LogP contribution is 2.29. The molecule has 2 aromatic rings. The molecule has 0 aliphatic heterocycles. The first-order chi connectivity index (χ1) is 9.84. The zero-order valence-electron chi connectivity index (χ0n) is 13.0. The Morgan fingerprint density at radius 1 is 1.14 bits per heavy atom. The number of hydrogen-bond acceptors (Lipinski definition) is 3. The van der Waals surface area contributed by atoms with Crippen molar-refractivity contribution in [1.82, 2.24) is 0 Å². The Balaban J connectivity index is 2.00. The minimum atomic E-state index is -0.0553. The van der Waals surface area contributed by atoms with E-state index < -0.39 is 0 Å². The largest absolute Gasteiger partial charge is 0.380 e. The maximum Gasteiger partial charge on any atom is 0.221 e. The van der Waals surface area contributed by atoms with Crippen LogP contribution in [-0.4, -0.2) is 5.91 Å². The van der Waals surface area contributed by atoms with E-state index in [1.54, 1.807) is 0 Å². The van der Waals surface area contributed by atoms with Crippen molar-refractivity contribution in [2.24, 2.45) is 0 Å². The summed E-state index contributed by atoms with van der Waals surface area (Å²) in [5.74, 6) is -0.0553. The van der Waals surface area contributed by atoms with Crippen molar-refractivity contribution in [2.75, 3.05) is 10.6 Å². The Labute approximate surface area is 130 Å². The zero-order valence-corrected chi connectivity index (χ0v) is 13.8. The van der Waals surface area contributed by atoms with E-state index in [1.807, 2.05) is 35.6 Å². The Hall–Kier alpha value is -1.81. The summed E-state index contributed by atoms with van der Waals surface area (Å²) in [7, 11) is 0.